The summed E-state index contributed by atoms with van der Waals surface area (Å²) in [7, 11) is 0. The normalized spacial score (nSPS) is 10.9. The van der Waals surface area contributed by atoms with Crippen LogP contribution in [0.25, 0.3) is 0 Å². The summed E-state index contributed by atoms with van der Waals surface area (Å²) in [5.41, 5.74) is 1.68. The topological polar surface area (TPSA) is 77.9 Å². The number of anilines is 2. The molecule has 0 radical (unpaired) electrons. The number of aryl methyl sites for hydroxylation is 1. The summed E-state index contributed by atoms with van der Waals surface area (Å²) in [6.07, 6.45) is 6.06. The maximum atomic E-state index is 13.2. The van der Waals surface area contributed by atoms with Gasteiger partial charge in [0, 0.05) is 18.1 Å². The van der Waals surface area contributed by atoms with E-state index in [2.05, 4.69) is 22.4 Å². The quantitative estimate of drug-likeness (QED) is 0.479. The lowest BCUT2D eigenvalue weighted by atomic mass is 10.1. The number of thioether (sulfide) groups is 1. The van der Waals surface area contributed by atoms with Gasteiger partial charge in [-0.05, 0) is 42.3 Å². The number of furan rings is 1. The van der Waals surface area contributed by atoms with Crippen LogP contribution in [0.1, 0.15) is 18.2 Å². The van der Waals surface area contributed by atoms with Gasteiger partial charge in [0.1, 0.15) is 5.76 Å². The van der Waals surface area contributed by atoms with Crippen molar-refractivity contribution >= 4 is 23.3 Å². The highest BCUT2D eigenvalue weighted by Gasteiger charge is 2.15. The lowest BCUT2D eigenvalue weighted by Gasteiger charge is -2.14. The lowest BCUT2D eigenvalue weighted by Crippen LogP contribution is -2.30. The fourth-order valence-electron chi connectivity index (χ4n) is 2.80. The second-order valence-electron chi connectivity index (χ2n) is 6.01. The van der Waals surface area contributed by atoms with Crippen LogP contribution < -0.4 is 10.9 Å². The van der Waals surface area contributed by atoms with Gasteiger partial charge in [0.05, 0.1) is 12.0 Å². The van der Waals surface area contributed by atoms with Crippen LogP contribution in [0.2, 0.25) is 0 Å². The Morgan fingerprint density at radius 1 is 1.07 bits per heavy atom. The molecule has 0 unspecified atom stereocenters. The molecule has 1 aromatic carbocycles. The Kier molecular flexibility index (Phi) is 5.29. The summed E-state index contributed by atoms with van der Waals surface area (Å²) in [5.74, 6) is 1.53. The van der Waals surface area contributed by atoms with Crippen molar-refractivity contribution in [1.82, 2.24) is 19.5 Å². The van der Waals surface area contributed by atoms with Crippen LogP contribution in [0, 0.1) is 0 Å². The summed E-state index contributed by atoms with van der Waals surface area (Å²) in [6, 6.07) is 15.3. The van der Waals surface area contributed by atoms with Crippen LogP contribution in [0.3, 0.4) is 0 Å². The Labute approximate surface area is 166 Å². The van der Waals surface area contributed by atoms with Gasteiger partial charge in [-0.15, -0.1) is 10.2 Å². The summed E-state index contributed by atoms with van der Waals surface area (Å²) in [6.45, 7) is 2.07. The Morgan fingerprint density at radius 3 is 2.64 bits per heavy atom. The van der Waals surface area contributed by atoms with Gasteiger partial charge in [-0.1, -0.05) is 36.9 Å². The molecular weight excluding hydrogens is 374 g/mol. The number of nitrogens with one attached hydrogen (secondary N) is 1. The van der Waals surface area contributed by atoms with Crippen molar-refractivity contribution in [3.05, 3.63) is 88.9 Å². The van der Waals surface area contributed by atoms with E-state index in [0.29, 0.717) is 10.9 Å². The minimum atomic E-state index is -0.279. The van der Waals surface area contributed by atoms with Gasteiger partial charge in [-0.3, -0.25) is 9.47 Å². The first-order valence-electron chi connectivity index (χ1n) is 8.89. The third-order valence-corrected chi connectivity index (χ3v) is 5.15. The molecule has 0 spiro atoms. The molecule has 3 aromatic heterocycles. The summed E-state index contributed by atoms with van der Waals surface area (Å²) in [5, 5.41) is 12.1. The molecular formula is C20H19N5O2S. The average Bonchev–Trinajstić information content (AvgIpc) is 3.42. The van der Waals surface area contributed by atoms with Crippen LogP contribution in [-0.2, 0) is 12.2 Å². The van der Waals surface area contributed by atoms with E-state index >= 15 is 0 Å². The first-order chi connectivity index (χ1) is 13.8. The molecule has 7 nitrogen and oxygen atoms in total. The smallest absolute Gasteiger partial charge is 0.316 e. The van der Waals surface area contributed by atoms with Crippen molar-refractivity contribution in [2.45, 2.75) is 24.3 Å². The second-order valence-corrected chi connectivity index (χ2v) is 6.96. The predicted molar refractivity (Wildman–Crippen MR) is 109 cm³/mol. The summed E-state index contributed by atoms with van der Waals surface area (Å²) < 4.78 is 8.56. The molecule has 1 N–H and O–H groups in total. The van der Waals surface area contributed by atoms with Gasteiger partial charge in [-0.2, -0.15) is 4.68 Å². The molecule has 3 heterocycles. The number of benzene rings is 1. The molecule has 0 fully saturated rings. The molecule has 8 heteroatoms. The monoisotopic (exact) mass is 393 g/mol. The maximum absolute atomic E-state index is 13.2. The lowest BCUT2D eigenvalue weighted by molar-refractivity contribution is 0.523. The highest BCUT2D eigenvalue weighted by atomic mass is 32.2. The van der Waals surface area contributed by atoms with E-state index in [1.165, 1.54) is 16.4 Å². The molecule has 0 aliphatic heterocycles. The standard InChI is InChI=1S/C20H19N5O2S/c1-2-15-8-3-4-10-17(15)21-18-19(26)25(24-11-5-6-12-24)20(23-22-18)28-14-16-9-7-13-27-16/h3-13H,2,14H2,1H3,(H,21,22). The van der Waals surface area contributed by atoms with E-state index in [1.54, 1.807) is 23.3 Å². The maximum Gasteiger partial charge on any atom is 0.316 e. The van der Waals surface area contributed by atoms with Gasteiger partial charge in [0.25, 0.3) is 0 Å². The molecule has 28 heavy (non-hydrogen) atoms. The van der Waals surface area contributed by atoms with Crippen molar-refractivity contribution in [3.8, 4) is 0 Å². The zero-order valence-electron chi connectivity index (χ0n) is 15.3. The van der Waals surface area contributed by atoms with Crippen LogP contribution in [0.4, 0.5) is 11.5 Å². The van der Waals surface area contributed by atoms with E-state index in [-0.39, 0.29) is 11.4 Å². The van der Waals surface area contributed by atoms with Crippen molar-refractivity contribution < 1.29 is 4.42 Å². The highest BCUT2D eigenvalue weighted by Crippen LogP contribution is 2.22. The zero-order chi connectivity index (χ0) is 19.3. The van der Waals surface area contributed by atoms with Crippen molar-refractivity contribution in [2.75, 3.05) is 5.32 Å². The minimum Gasteiger partial charge on any atom is -0.468 e. The van der Waals surface area contributed by atoms with Gasteiger partial charge < -0.3 is 9.73 Å². The minimum absolute atomic E-state index is 0.178. The van der Waals surface area contributed by atoms with E-state index < -0.39 is 0 Å². The molecule has 4 aromatic rings. The zero-order valence-corrected chi connectivity index (χ0v) is 16.1. The highest BCUT2D eigenvalue weighted by molar-refractivity contribution is 7.98. The molecule has 0 saturated heterocycles. The number of rotatable bonds is 7. The summed E-state index contributed by atoms with van der Waals surface area (Å²) in [4.78, 5) is 13.2. The number of para-hydroxylation sites is 1. The molecule has 4 rings (SSSR count). The van der Waals surface area contributed by atoms with Crippen LogP contribution in [0.15, 0.2) is 81.6 Å². The van der Waals surface area contributed by atoms with Gasteiger partial charge in [-0.25, -0.2) is 0 Å². The molecule has 0 atom stereocenters. The fraction of sp³-hybridized carbons (Fsp3) is 0.150. The Morgan fingerprint density at radius 2 is 1.89 bits per heavy atom. The van der Waals surface area contributed by atoms with E-state index in [9.17, 15) is 4.79 Å². The summed E-state index contributed by atoms with van der Waals surface area (Å²) >= 11 is 1.39. The second kappa shape index (κ2) is 8.18. The first kappa shape index (κ1) is 18.1. The van der Waals surface area contributed by atoms with Crippen molar-refractivity contribution in [3.63, 3.8) is 0 Å². The Balaban J connectivity index is 1.71. The number of aromatic nitrogens is 4. The third kappa shape index (κ3) is 3.72. The van der Waals surface area contributed by atoms with Gasteiger partial charge in [0.15, 0.2) is 0 Å². The number of hydrogen-bond acceptors (Lipinski definition) is 6. The van der Waals surface area contributed by atoms with E-state index in [1.807, 2.05) is 48.5 Å². The van der Waals surface area contributed by atoms with Crippen molar-refractivity contribution in [1.29, 1.82) is 0 Å². The Hall–Kier alpha value is -3.26. The SMILES string of the molecule is CCc1ccccc1Nc1nnc(SCc2ccco2)n(-n2cccc2)c1=O. The largest absolute Gasteiger partial charge is 0.468 e. The van der Waals surface area contributed by atoms with E-state index in [0.717, 1.165) is 23.4 Å². The van der Waals surface area contributed by atoms with Crippen molar-refractivity contribution in [2.24, 2.45) is 0 Å². The van der Waals surface area contributed by atoms with Crippen LogP contribution in [0.5, 0.6) is 0 Å². The predicted octanol–water partition coefficient (Wildman–Crippen LogP) is 3.94. The number of nitrogens with zero attached hydrogens (tertiary/aromatic N) is 4. The molecule has 0 aliphatic carbocycles. The fourth-order valence-corrected chi connectivity index (χ4v) is 3.64. The molecule has 0 amide bonds. The van der Waals surface area contributed by atoms with E-state index in [4.69, 9.17) is 4.42 Å². The molecule has 0 bridgehead atoms. The Bertz CT molecular complexity index is 1100. The van der Waals surface area contributed by atoms with Crippen LogP contribution >= 0.6 is 11.8 Å². The molecule has 142 valence electrons. The molecule has 0 saturated carbocycles. The average molecular weight is 393 g/mol. The third-order valence-electron chi connectivity index (χ3n) is 4.21. The number of hydrogen-bond donors (Lipinski definition) is 1. The van der Waals surface area contributed by atoms with Crippen LogP contribution in [-0.4, -0.2) is 19.5 Å². The molecule has 0 aliphatic rings. The van der Waals surface area contributed by atoms with Gasteiger partial charge in [0.2, 0.25) is 11.0 Å². The first-order valence-corrected chi connectivity index (χ1v) is 9.88. The van der Waals surface area contributed by atoms with Gasteiger partial charge >= 0.3 is 5.56 Å².